The normalized spacial score (nSPS) is 15.1. The maximum Gasteiger partial charge on any atom is 0.342 e. The van der Waals surface area contributed by atoms with Crippen LogP contribution in [0.2, 0.25) is 5.02 Å². The minimum Gasteiger partial charge on any atom is -0.339 e. The molecule has 168 valence electrons. The van der Waals surface area contributed by atoms with Gasteiger partial charge in [-0.3, -0.25) is 4.68 Å². The first-order valence-corrected chi connectivity index (χ1v) is 10.7. The Labute approximate surface area is 199 Å². The van der Waals surface area contributed by atoms with Gasteiger partial charge in [0, 0.05) is 35.0 Å². The van der Waals surface area contributed by atoms with Crippen molar-refractivity contribution in [3.8, 4) is 17.5 Å². The summed E-state index contributed by atoms with van der Waals surface area (Å²) in [5.41, 5.74) is 3.23. The fourth-order valence-corrected chi connectivity index (χ4v) is 3.70. The largest absolute Gasteiger partial charge is 0.342 e. The number of urea groups is 1. The summed E-state index contributed by atoms with van der Waals surface area (Å²) in [7, 11) is 0. The van der Waals surface area contributed by atoms with Crippen molar-refractivity contribution in [1.82, 2.24) is 24.9 Å². The third-order valence-corrected chi connectivity index (χ3v) is 5.49. The van der Waals surface area contributed by atoms with Gasteiger partial charge in [-0.25, -0.2) is 9.80 Å². The van der Waals surface area contributed by atoms with Gasteiger partial charge in [-0.05, 0) is 36.4 Å². The van der Waals surface area contributed by atoms with Crippen molar-refractivity contribution < 1.29 is 9.32 Å². The van der Waals surface area contributed by atoms with Crippen LogP contribution in [0.3, 0.4) is 0 Å². The van der Waals surface area contributed by atoms with Crippen molar-refractivity contribution >= 4 is 29.0 Å². The number of amides is 2. The molecule has 1 atom stereocenters. The molecular weight excluding hydrogens is 456 g/mol. The molecule has 2 aromatic carbocycles. The third kappa shape index (κ3) is 4.24. The number of nitriles is 1. The first-order chi connectivity index (χ1) is 16.5. The molecule has 0 saturated heterocycles. The van der Waals surface area contributed by atoms with Crippen LogP contribution in [-0.2, 0) is 0 Å². The van der Waals surface area contributed by atoms with Gasteiger partial charge >= 0.3 is 6.03 Å². The SMILES string of the molecule is Cc1nc(-c2ccc(NC(=O)N3CC(n4cc(C#N)cn4)C(c4ccc(Cl)cc4)=N3)cc2)no1. The summed E-state index contributed by atoms with van der Waals surface area (Å²) in [4.78, 5) is 17.2. The molecule has 0 radical (unpaired) electrons. The van der Waals surface area contributed by atoms with Crippen LogP contribution in [0.25, 0.3) is 11.4 Å². The van der Waals surface area contributed by atoms with Crippen LogP contribution in [0.1, 0.15) is 23.1 Å². The van der Waals surface area contributed by atoms with Crippen molar-refractivity contribution in [2.75, 3.05) is 11.9 Å². The van der Waals surface area contributed by atoms with Gasteiger partial charge in [-0.2, -0.15) is 20.4 Å². The number of aromatic nitrogens is 4. The molecule has 2 aromatic heterocycles. The fourth-order valence-electron chi connectivity index (χ4n) is 3.57. The maximum atomic E-state index is 13.0. The molecule has 0 spiro atoms. The summed E-state index contributed by atoms with van der Waals surface area (Å²) in [5.74, 6) is 0.954. The van der Waals surface area contributed by atoms with Gasteiger partial charge in [0.2, 0.25) is 11.7 Å². The number of benzene rings is 2. The highest BCUT2D eigenvalue weighted by Gasteiger charge is 2.33. The Hall–Kier alpha value is -4.49. The molecule has 0 bridgehead atoms. The number of anilines is 1. The van der Waals surface area contributed by atoms with E-state index in [1.165, 1.54) is 11.2 Å². The van der Waals surface area contributed by atoms with Gasteiger partial charge in [-0.1, -0.05) is 28.9 Å². The predicted octanol–water partition coefficient (Wildman–Crippen LogP) is 4.26. The van der Waals surface area contributed by atoms with E-state index in [-0.39, 0.29) is 12.6 Å². The van der Waals surface area contributed by atoms with Gasteiger partial charge in [0.15, 0.2) is 0 Å². The van der Waals surface area contributed by atoms with E-state index in [0.29, 0.717) is 33.7 Å². The lowest BCUT2D eigenvalue weighted by Crippen LogP contribution is -2.31. The zero-order chi connectivity index (χ0) is 23.7. The fraction of sp³-hybridized carbons (Fsp3) is 0.130. The van der Waals surface area contributed by atoms with E-state index in [0.717, 1.165) is 11.1 Å². The van der Waals surface area contributed by atoms with Crippen molar-refractivity contribution in [3.63, 3.8) is 0 Å². The summed E-state index contributed by atoms with van der Waals surface area (Å²) in [6.07, 6.45) is 3.12. The lowest BCUT2D eigenvalue weighted by molar-refractivity contribution is 0.215. The number of carbonyl (C=O) groups excluding carboxylic acids is 1. The van der Waals surface area contributed by atoms with E-state index in [2.05, 4.69) is 31.7 Å². The Bertz CT molecular complexity index is 1420. The van der Waals surface area contributed by atoms with Crippen LogP contribution in [0.4, 0.5) is 10.5 Å². The monoisotopic (exact) mass is 472 g/mol. The number of hydrogen-bond donors (Lipinski definition) is 1. The summed E-state index contributed by atoms with van der Waals surface area (Å²) < 4.78 is 6.64. The van der Waals surface area contributed by atoms with E-state index < -0.39 is 6.03 Å². The number of rotatable bonds is 4. The predicted molar refractivity (Wildman–Crippen MR) is 124 cm³/mol. The summed E-state index contributed by atoms with van der Waals surface area (Å²) in [6, 6.07) is 15.6. The van der Waals surface area contributed by atoms with Crippen LogP contribution < -0.4 is 5.32 Å². The van der Waals surface area contributed by atoms with Crippen LogP contribution in [-0.4, -0.2) is 43.2 Å². The molecule has 11 heteroatoms. The molecule has 0 fully saturated rings. The van der Waals surface area contributed by atoms with Crippen LogP contribution in [0.5, 0.6) is 0 Å². The molecule has 1 N–H and O–H groups in total. The lowest BCUT2D eigenvalue weighted by Gasteiger charge is -2.16. The number of nitrogens with zero attached hydrogens (tertiary/aromatic N) is 7. The van der Waals surface area contributed by atoms with Gasteiger partial charge in [0.1, 0.15) is 12.1 Å². The quantitative estimate of drug-likeness (QED) is 0.473. The zero-order valence-electron chi connectivity index (χ0n) is 17.9. The molecule has 0 aliphatic carbocycles. The Morgan fingerprint density at radius 3 is 2.56 bits per heavy atom. The Morgan fingerprint density at radius 1 is 1.18 bits per heavy atom. The highest BCUT2D eigenvalue weighted by molar-refractivity contribution is 6.30. The van der Waals surface area contributed by atoms with Gasteiger partial charge in [0.25, 0.3) is 0 Å². The van der Waals surface area contributed by atoms with E-state index in [9.17, 15) is 4.79 Å². The molecule has 1 unspecified atom stereocenters. The summed E-state index contributed by atoms with van der Waals surface area (Å²) in [6.45, 7) is 1.97. The first kappa shape index (κ1) is 21.4. The van der Waals surface area contributed by atoms with Crippen LogP contribution in [0, 0.1) is 18.3 Å². The topological polar surface area (TPSA) is 125 Å². The number of halogens is 1. The van der Waals surface area contributed by atoms with Crippen molar-refractivity contribution in [2.45, 2.75) is 13.0 Å². The minimum atomic E-state index is -0.398. The average Bonchev–Trinajstić information content (AvgIpc) is 3.59. The lowest BCUT2D eigenvalue weighted by atomic mass is 10.0. The van der Waals surface area contributed by atoms with Crippen LogP contribution >= 0.6 is 11.6 Å². The van der Waals surface area contributed by atoms with Crippen molar-refractivity contribution in [2.24, 2.45) is 5.10 Å². The standard InChI is InChI=1S/C23H17ClN8O2/c1-14-27-22(30-34-14)17-4-8-19(9-5-17)28-23(33)32-13-20(31-12-15(10-25)11-26-31)21(29-32)16-2-6-18(24)7-3-16/h2-9,11-12,20H,13H2,1H3,(H,28,33). The molecule has 0 saturated carbocycles. The summed E-state index contributed by atoms with van der Waals surface area (Å²) in [5, 5.41) is 26.7. The second-order valence-corrected chi connectivity index (χ2v) is 7.99. The number of hydrogen-bond acceptors (Lipinski definition) is 7. The van der Waals surface area contributed by atoms with Crippen LogP contribution in [0.15, 0.2) is 70.5 Å². The molecule has 3 heterocycles. The molecule has 4 aromatic rings. The van der Waals surface area contributed by atoms with E-state index in [1.54, 1.807) is 54.2 Å². The minimum absolute atomic E-state index is 0.247. The molecule has 2 amide bonds. The number of aryl methyl sites for hydroxylation is 1. The highest BCUT2D eigenvalue weighted by atomic mass is 35.5. The molecular formula is C23H17ClN8O2. The Kier molecular flexibility index (Phi) is 5.53. The van der Waals surface area contributed by atoms with Gasteiger partial charge in [0.05, 0.1) is 24.0 Å². The molecule has 5 rings (SSSR count). The van der Waals surface area contributed by atoms with Crippen molar-refractivity contribution in [3.05, 3.63) is 83.0 Å². The zero-order valence-corrected chi connectivity index (χ0v) is 18.6. The maximum absolute atomic E-state index is 13.0. The van der Waals surface area contributed by atoms with Gasteiger partial charge < -0.3 is 9.84 Å². The first-order valence-electron chi connectivity index (χ1n) is 10.3. The number of hydrazone groups is 1. The average molecular weight is 473 g/mol. The molecule has 10 nitrogen and oxygen atoms in total. The smallest absolute Gasteiger partial charge is 0.339 e. The Balaban J connectivity index is 1.37. The Morgan fingerprint density at radius 2 is 1.91 bits per heavy atom. The molecule has 1 aliphatic rings. The van der Waals surface area contributed by atoms with E-state index in [1.807, 2.05) is 12.1 Å². The summed E-state index contributed by atoms with van der Waals surface area (Å²) >= 11 is 6.03. The second kappa shape index (κ2) is 8.80. The van der Waals surface area contributed by atoms with E-state index in [4.69, 9.17) is 21.4 Å². The highest BCUT2D eigenvalue weighted by Crippen LogP contribution is 2.26. The second-order valence-electron chi connectivity index (χ2n) is 7.56. The molecule has 1 aliphatic heterocycles. The van der Waals surface area contributed by atoms with Crippen molar-refractivity contribution in [1.29, 1.82) is 5.26 Å². The number of nitrogens with one attached hydrogen (secondary N) is 1. The third-order valence-electron chi connectivity index (χ3n) is 5.24. The number of carbonyl (C=O) groups is 1. The van der Waals surface area contributed by atoms with E-state index >= 15 is 0 Å². The molecule has 34 heavy (non-hydrogen) atoms. The van der Waals surface area contributed by atoms with Gasteiger partial charge in [-0.15, -0.1) is 0 Å².